The van der Waals surface area contributed by atoms with E-state index in [0.29, 0.717) is 0 Å². The highest BCUT2D eigenvalue weighted by Crippen LogP contribution is 2.17. The lowest BCUT2D eigenvalue weighted by Crippen LogP contribution is -2.30. The fraction of sp³-hybridized carbons (Fsp3) is 0.308. The summed E-state index contributed by atoms with van der Waals surface area (Å²) in [6, 6.07) is 2.87. The molecule has 2 heterocycles. The van der Waals surface area contributed by atoms with Gasteiger partial charge in [-0.15, -0.1) is 11.3 Å². The average Bonchev–Trinajstić information content (AvgIpc) is 2.97. The van der Waals surface area contributed by atoms with E-state index in [2.05, 4.69) is 10.3 Å². The highest BCUT2D eigenvalue weighted by Gasteiger charge is 2.15. The molecule has 0 aliphatic rings. The fourth-order valence-corrected chi connectivity index (χ4v) is 2.62. The number of aromatic carboxylic acids is 1. The highest BCUT2D eigenvalue weighted by molar-refractivity contribution is 7.09. The molecule has 2 aromatic rings. The van der Waals surface area contributed by atoms with Crippen LogP contribution in [0.4, 0.5) is 0 Å². The Balaban J connectivity index is 1.99. The molecule has 0 saturated heterocycles. The second-order valence-electron chi connectivity index (χ2n) is 4.44. The zero-order valence-corrected chi connectivity index (χ0v) is 12.0. The van der Waals surface area contributed by atoms with Gasteiger partial charge in [0.25, 0.3) is 0 Å². The lowest BCUT2D eigenvalue weighted by molar-refractivity contribution is -0.122. The van der Waals surface area contributed by atoms with E-state index >= 15 is 0 Å². The Morgan fingerprint density at radius 1 is 1.55 bits per heavy atom. The van der Waals surface area contributed by atoms with Crippen molar-refractivity contribution in [3.63, 3.8) is 0 Å². The summed E-state index contributed by atoms with van der Waals surface area (Å²) in [5.74, 6) is -1.30. The van der Waals surface area contributed by atoms with E-state index in [1.807, 2.05) is 19.2 Å². The normalized spacial score (nSPS) is 12.1. The van der Waals surface area contributed by atoms with Crippen molar-refractivity contribution in [3.8, 4) is 0 Å². The van der Waals surface area contributed by atoms with Crippen LogP contribution < -0.4 is 5.32 Å². The third-order valence-electron chi connectivity index (χ3n) is 2.75. The van der Waals surface area contributed by atoms with Crippen LogP contribution in [0, 0.1) is 6.92 Å². The van der Waals surface area contributed by atoms with Gasteiger partial charge in [0.2, 0.25) is 5.91 Å². The molecule has 0 aromatic carbocycles. The molecule has 7 heteroatoms. The Morgan fingerprint density at radius 2 is 2.30 bits per heavy atom. The van der Waals surface area contributed by atoms with E-state index in [0.717, 1.165) is 10.7 Å². The minimum absolute atomic E-state index is 0.0245. The Bertz CT molecular complexity index is 632. The topological polar surface area (TPSA) is 84.2 Å². The molecule has 0 spiro atoms. The van der Waals surface area contributed by atoms with E-state index in [1.54, 1.807) is 12.3 Å². The first-order chi connectivity index (χ1) is 9.47. The van der Waals surface area contributed by atoms with Crippen LogP contribution in [-0.2, 0) is 11.3 Å². The lowest BCUT2D eigenvalue weighted by Gasteiger charge is -2.12. The number of carbonyl (C=O) groups excluding carboxylic acids is 1. The van der Waals surface area contributed by atoms with Crippen molar-refractivity contribution in [2.75, 3.05) is 0 Å². The molecule has 0 aliphatic heterocycles. The van der Waals surface area contributed by atoms with Crippen molar-refractivity contribution in [1.29, 1.82) is 0 Å². The third-order valence-corrected chi connectivity index (χ3v) is 3.89. The zero-order chi connectivity index (χ0) is 14.7. The van der Waals surface area contributed by atoms with Crippen LogP contribution in [0.15, 0.2) is 23.7 Å². The van der Waals surface area contributed by atoms with Crippen LogP contribution >= 0.6 is 11.3 Å². The van der Waals surface area contributed by atoms with E-state index in [4.69, 9.17) is 5.11 Å². The van der Waals surface area contributed by atoms with Crippen molar-refractivity contribution in [3.05, 3.63) is 40.1 Å². The lowest BCUT2D eigenvalue weighted by atomic mass is 10.3. The molecule has 2 aromatic heterocycles. The molecule has 0 saturated carbocycles. The van der Waals surface area contributed by atoms with Gasteiger partial charge in [-0.2, -0.15) is 0 Å². The maximum atomic E-state index is 11.9. The summed E-state index contributed by atoms with van der Waals surface area (Å²) < 4.78 is 1.40. The molecular weight excluding hydrogens is 278 g/mol. The number of amides is 1. The first-order valence-electron chi connectivity index (χ1n) is 6.07. The van der Waals surface area contributed by atoms with E-state index in [-0.39, 0.29) is 24.2 Å². The zero-order valence-electron chi connectivity index (χ0n) is 11.2. The molecular formula is C13H15N3O3S. The van der Waals surface area contributed by atoms with Gasteiger partial charge in [0, 0.05) is 17.3 Å². The van der Waals surface area contributed by atoms with Crippen LogP contribution in [-0.4, -0.2) is 26.5 Å². The smallest absolute Gasteiger partial charge is 0.352 e. The van der Waals surface area contributed by atoms with Crippen LogP contribution in [0.5, 0.6) is 0 Å². The third kappa shape index (κ3) is 3.24. The molecule has 0 fully saturated rings. The van der Waals surface area contributed by atoms with Crippen LogP contribution in [0.1, 0.15) is 34.2 Å². The monoisotopic (exact) mass is 293 g/mol. The molecule has 6 nitrogen and oxygen atoms in total. The molecule has 1 unspecified atom stereocenters. The van der Waals surface area contributed by atoms with Gasteiger partial charge in [-0.25, -0.2) is 9.78 Å². The van der Waals surface area contributed by atoms with Gasteiger partial charge in [-0.3, -0.25) is 4.79 Å². The Kier molecular flexibility index (Phi) is 4.19. The molecule has 2 rings (SSSR count). The number of aryl methyl sites for hydroxylation is 1. The predicted octanol–water partition coefficient (Wildman–Crippen LogP) is 1.83. The Labute approximate surface area is 120 Å². The van der Waals surface area contributed by atoms with Gasteiger partial charge >= 0.3 is 5.97 Å². The number of carboxylic acid groups (broad SMARTS) is 1. The van der Waals surface area contributed by atoms with Crippen LogP contribution in [0.25, 0.3) is 0 Å². The summed E-state index contributed by atoms with van der Waals surface area (Å²) >= 11 is 1.49. The Hall–Kier alpha value is -2.15. The summed E-state index contributed by atoms with van der Waals surface area (Å²) in [6.45, 7) is 3.72. The van der Waals surface area contributed by atoms with Crippen molar-refractivity contribution in [2.24, 2.45) is 0 Å². The molecule has 106 valence electrons. The fourth-order valence-electron chi connectivity index (χ4n) is 1.82. The number of hydrogen-bond acceptors (Lipinski definition) is 4. The number of aromatic nitrogens is 2. The minimum atomic E-state index is -1.05. The van der Waals surface area contributed by atoms with Gasteiger partial charge in [0.15, 0.2) is 0 Å². The molecule has 2 N–H and O–H groups in total. The average molecular weight is 293 g/mol. The van der Waals surface area contributed by atoms with Gasteiger partial charge in [-0.1, -0.05) is 0 Å². The summed E-state index contributed by atoms with van der Waals surface area (Å²) in [5.41, 5.74) is 1.02. The number of carbonyl (C=O) groups is 2. The quantitative estimate of drug-likeness (QED) is 0.881. The molecule has 1 atom stereocenters. The molecule has 1 amide bonds. The first kappa shape index (κ1) is 14.3. The maximum Gasteiger partial charge on any atom is 0.352 e. The van der Waals surface area contributed by atoms with E-state index in [1.165, 1.54) is 22.0 Å². The first-order valence-corrected chi connectivity index (χ1v) is 6.95. The van der Waals surface area contributed by atoms with Gasteiger partial charge in [-0.05, 0) is 26.0 Å². The Morgan fingerprint density at radius 3 is 2.90 bits per heavy atom. The van der Waals surface area contributed by atoms with Crippen molar-refractivity contribution in [1.82, 2.24) is 14.9 Å². The molecule has 20 heavy (non-hydrogen) atoms. The number of nitrogens with zero attached hydrogens (tertiary/aromatic N) is 2. The summed E-state index contributed by atoms with van der Waals surface area (Å²) in [7, 11) is 0. The van der Waals surface area contributed by atoms with Crippen molar-refractivity contribution >= 4 is 23.2 Å². The largest absolute Gasteiger partial charge is 0.477 e. The number of hydrogen-bond donors (Lipinski definition) is 2. The minimum Gasteiger partial charge on any atom is -0.477 e. The van der Waals surface area contributed by atoms with Crippen LogP contribution in [0.2, 0.25) is 0 Å². The van der Waals surface area contributed by atoms with E-state index < -0.39 is 5.97 Å². The van der Waals surface area contributed by atoms with Crippen LogP contribution in [0.3, 0.4) is 0 Å². The molecule has 0 aliphatic carbocycles. The van der Waals surface area contributed by atoms with Crippen molar-refractivity contribution in [2.45, 2.75) is 26.4 Å². The standard InChI is InChI=1S/C13H15N3O3S/c1-8-7-20-12(14-8)9(2)15-11(17)6-16-5-3-4-10(16)13(18)19/h3-5,7,9H,6H2,1-2H3,(H,15,17)(H,18,19). The van der Waals surface area contributed by atoms with Gasteiger partial charge in [0.05, 0.1) is 6.04 Å². The highest BCUT2D eigenvalue weighted by atomic mass is 32.1. The second-order valence-corrected chi connectivity index (χ2v) is 5.33. The number of rotatable bonds is 5. The summed E-state index contributed by atoms with van der Waals surface area (Å²) in [6.07, 6.45) is 1.57. The maximum absolute atomic E-state index is 11.9. The summed E-state index contributed by atoms with van der Waals surface area (Å²) in [5, 5.41) is 14.5. The van der Waals surface area contributed by atoms with E-state index in [9.17, 15) is 9.59 Å². The number of carboxylic acids is 1. The molecule has 0 radical (unpaired) electrons. The predicted molar refractivity (Wildman–Crippen MR) is 74.8 cm³/mol. The van der Waals surface area contributed by atoms with Gasteiger partial charge < -0.3 is 15.0 Å². The van der Waals surface area contributed by atoms with Crippen molar-refractivity contribution < 1.29 is 14.7 Å². The molecule has 0 bridgehead atoms. The number of thiazole rings is 1. The SMILES string of the molecule is Cc1csc(C(C)NC(=O)Cn2cccc2C(=O)O)n1. The number of nitrogens with one attached hydrogen (secondary N) is 1. The van der Waals surface area contributed by atoms with Gasteiger partial charge in [0.1, 0.15) is 17.2 Å². The second kappa shape index (κ2) is 5.87. The summed E-state index contributed by atoms with van der Waals surface area (Å²) in [4.78, 5) is 27.2.